The molecule has 0 aromatic heterocycles. The van der Waals surface area contributed by atoms with Crippen molar-refractivity contribution in [3.63, 3.8) is 0 Å². The van der Waals surface area contributed by atoms with Gasteiger partial charge >= 0.3 is 0 Å². The third-order valence-corrected chi connectivity index (χ3v) is 4.48. The van der Waals surface area contributed by atoms with E-state index in [2.05, 4.69) is 24.1 Å². The molecule has 0 bridgehead atoms. The Kier molecular flexibility index (Phi) is 3.64. The van der Waals surface area contributed by atoms with Crippen LogP contribution in [0.3, 0.4) is 0 Å². The Morgan fingerprint density at radius 1 is 1.28 bits per heavy atom. The summed E-state index contributed by atoms with van der Waals surface area (Å²) in [5, 5.41) is 3.40. The van der Waals surface area contributed by atoms with Crippen molar-refractivity contribution >= 4 is 15.5 Å². The average Bonchev–Trinajstić information content (AvgIpc) is 2.31. The SMILES string of the molecule is CC1CN(c2ccccc2S(C)(=O)=O)C(C)CN1. The molecule has 2 rings (SSSR count). The zero-order valence-corrected chi connectivity index (χ0v) is 11.9. The predicted molar refractivity (Wildman–Crippen MR) is 73.8 cm³/mol. The highest BCUT2D eigenvalue weighted by atomic mass is 32.2. The standard InChI is InChI=1S/C13H20N2O2S/c1-10-9-15(11(2)8-14-10)12-6-4-5-7-13(12)18(3,16)17/h4-7,10-11,14H,8-9H2,1-3H3. The number of benzene rings is 1. The molecule has 0 spiro atoms. The van der Waals surface area contributed by atoms with Crippen LogP contribution in [-0.2, 0) is 9.84 Å². The lowest BCUT2D eigenvalue weighted by atomic mass is 10.1. The van der Waals surface area contributed by atoms with Gasteiger partial charge in [-0.2, -0.15) is 0 Å². The van der Waals surface area contributed by atoms with Crippen molar-refractivity contribution in [1.29, 1.82) is 0 Å². The first-order valence-corrected chi connectivity index (χ1v) is 8.08. The molecule has 1 aliphatic rings. The second-order valence-electron chi connectivity index (χ2n) is 5.05. The van der Waals surface area contributed by atoms with Crippen molar-refractivity contribution in [2.24, 2.45) is 0 Å². The zero-order valence-electron chi connectivity index (χ0n) is 11.1. The van der Waals surface area contributed by atoms with Gasteiger partial charge in [0.2, 0.25) is 0 Å². The fourth-order valence-electron chi connectivity index (χ4n) is 2.37. The number of piperazine rings is 1. The molecule has 1 aromatic rings. The first kappa shape index (κ1) is 13.4. The number of nitrogens with one attached hydrogen (secondary N) is 1. The van der Waals surface area contributed by atoms with Gasteiger partial charge in [0.05, 0.1) is 10.6 Å². The summed E-state index contributed by atoms with van der Waals surface area (Å²) >= 11 is 0. The summed E-state index contributed by atoms with van der Waals surface area (Å²) in [5.74, 6) is 0. The summed E-state index contributed by atoms with van der Waals surface area (Å²) in [6, 6.07) is 7.91. The predicted octanol–water partition coefficient (Wildman–Crippen LogP) is 1.28. The maximum atomic E-state index is 11.8. The quantitative estimate of drug-likeness (QED) is 0.878. The molecule has 0 amide bonds. The monoisotopic (exact) mass is 268 g/mol. The van der Waals surface area contributed by atoms with E-state index in [1.165, 1.54) is 6.26 Å². The van der Waals surface area contributed by atoms with E-state index in [0.717, 1.165) is 18.8 Å². The second kappa shape index (κ2) is 4.90. The molecule has 1 N–H and O–H groups in total. The third kappa shape index (κ3) is 2.67. The van der Waals surface area contributed by atoms with Crippen LogP contribution in [0.5, 0.6) is 0 Å². The molecular formula is C13H20N2O2S. The van der Waals surface area contributed by atoms with Gasteiger partial charge < -0.3 is 10.2 Å². The zero-order chi connectivity index (χ0) is 13.3. The summed E-state index contributed by atoms with van der Waals surface area (Å²) in [6.07, 6.45) is 1.27. The fraction of sp³-hybridized carbons (Fsp3) is 0.538. The smallest absolute Gasteiger partial charge is 0.177 e. The molecule has 0 saturated carbocycles. The van der Waals surface area contributed by atoms with Crippen molar-refractivity contribution in [3.8, 4) is 0 Å². The van der Waals surface area contributed by atoms with Crippen LogP contribution in [0, 0.1) is 0 Å². The van der Waals surface area contributed by atoms with Gasteiger partial charge in [0.1, 0.15) is 0 Å². The van der Waals surface area contributed by atoms with Gasteiger partial charge in [0, 0.05) is 31.4 Å². The van der Waals surface area contributed by atoms with Gasteiger partial charge in [-0.05, 0) is 26.0 Å². The van der Waals surface area contributed by atoms with Crippen LogP contribution in [0.2, 0.25) is 0 Å². The van der Waals surface area contributed by atoms with E-state index in [1.54, 1.807) is 12.1 Å². The van der Waals surface area contributed by atoms with Crippen molar-refractivity contribution in [3.05, 3.63) is 24.3 Å². The first-order valence-electron chi connectivity index (χ1n) is 6.18. The molecule has 2 atom stereocenters. The Hall–Kier alpha value is -1.07. The summed E-state index contributed by atoms with van der Waals surface area (Å²) in [6.45, 7) is 5.92. The molecule has 4 nitrogen and oxygen atoms in total. The maximum Gasteiger partial charge on any atom is 0.177 e. The Morgan fingerprint density at radius 3 is 2.61 bits per heavy atom. The molecular weight excluding hydrogens is 248 g/mol. The number of para-hydroxylation sites is 1. The van der Waals surface area contributed by atoms with Gasteiger partial charge in [-0.3, -0.25) is 0 Å². The van der Waals surface area contributed by atoms with Crippen molar-refractivity contribution in [2.45, 2.75) is 30.8 Å². The van der Waals surface area contributed by atoms with Crippen LogP contribution < -0.4 is 10.2 Å². The highest BCUT2D eigenvalue weighted by Gasteiger charge is 2.26. The molecule has 5 heteroatoms. The number of rotatable bonds is 2. The number of sulfone groups is 1. The van der Waals surface area contributed by atoms with Gasteiger partial charge in [-0.15, -0.1) is 0 Å². The van der Waals surface area contributed by atoms with Crippen LogP contribution >= 0.6 is 0 Å². The van der Waals surface area contributed by atoms with Gasteiger partial charge in [0.15, 0.2) is 9.84 Å². The lowest BCUT2D eigenvalue weighted by Gasteiger charge is -2.40. The molecule has 100 valence electrons. The van der Waals surface area contributed by atoms with E-state index < -0.39 is 9.84 Å². The lowest BCUT2D eigenvalue weighted by Crippen LogP contribution is -2.54. The Balaban J connectivity index is 2.44. The normalized spacial score (nSPS) is 25.2. The minimum atomic E-state index is -3.19. The molecule has 1 heterocycles. The number of hydrogen-bond acceptors (Lipinski definition) is 4. The second-order valence-corrected chi connectivity index (χ2v) is 7.03. The van der Waals surface area contributed by atoms with Crippen molar-refractivity contribution in [1.82, 2.24) is 5.32 Å². The van der Waals surface area contributed by atoms with Crippen molar-refractivity contribution in [2.75, 3.05) is 24.2 Å². The van der Waals surface area contributed by atoms with Crippen LogP contribution in [0.4, 0.5) is 5.69 Å². The highest BCUT2D eigenvalue weighted by Crippen LogP contribution is 2.27. The molecule has 1 saturated heterocycles. The molecule has 0 aliphatic carbocycles. The number of hydrogen-bond donors (Lipinski definition) is 1. The van der Waals surface area contributed by atoms with Crippen LogP contribution in [0.1, 0.15) is 13.8 Å². The molecule has 1 aromatic carbocycles. The van der Waals surface area contributed by atoms with Gasteiger partial charge in [-0.25, -0.2) is 8.42 Å². The molecule has 18 heavy (non-hydrogen) atoms. The molecule has 1 aliphatic heterocycles. The third-order valence-electron chi connectivity index (χ3n) is 3.34. The fourth-order valence-corrected chi connectivity index (χ4v) is 3.26. The van der Waals surface area contributed by atoms with E-state index in [0.29, 0.717) is 17.0 Å². The molecule has 1 fully saturated rings. The molecule has 0 radical (unpaired) electrons. The van der Waals surface area contributed by atoms with E-state index in [9.17, 15) is 8.42 Å². The summed E-state index contributed by atoms with van der Waals surface area (Å²) in [4.78, 5) is 2.60. The van der Waals surface area contributed by atoms with E-state index in [1.807, 2.05) is 12.1 Å². The Bertz CT molecular complexity index is 528. The Labute approximate surface area is 109 Å². The minimum absolute atomic E-state index is 0.295. The summed E-state index contributed by atoms with van der Waals surface area (Å²) in [5.41, 5.74) is 0.820. The topological polar surface area (TPSA) is 49.4 Å². The first-order chi connectivity index (χ1) is 8.39. The maximum absolute atomic E-state index is 11.8. The van der Waals surface area contributed by atoms with Crippen LogP contribution in [0.25, 0.3) is 0 Å². The van der Waals surface area contributed by atoms with Crippen molar-refractivity contribution < 1.29 is 8.42 Å². The van der Waals surface area contributed by atoms with Gasteiger partial charge in [-0.1, -0.05) is 12.1 Å². The minimum Gasteiger partial charge on any atom is -0.365 e. The van der Waals surface area contributed by atoms with Crippen LogP contribution in [-0.4, -0.2) is 39.8 Å². The average molecular weight is 268 g/mol. The summed E-state index contributed by atoms with van der Waals surface area (Å²) < 4.78 is 23.7. The number of nitrogens with zero attached hydrogens (tertiary/aromatic N) is 1. The van der Waals surface area contributed by atoms with E-state index in [-0.39, 0.29) is 0 Å². The summed E-state index contributed by atoms with van der Waals surface area (Å²) in [7, 11) is -3.19. The van der Waals surface area contributed by atoms with Crippen LogP contribution in [0.15, 0.2) is 29.2 Å². The van der Waals surface area contributed by atoms with E-state index >= 15 is 0 Å². The largest absolute Gasteiger partial charge is 0.365 e. The lowest BCUT2D eigenvalue weighted by molar-refractivity contribution is 0.423. The molecule has 2 unspecified atom stereocenters. The van der Waals surface area contributed by atoms with Gasteiger partial charge in [0.25, 0.3) is 0 Å². The highest BCUT2D eigenvalue weighted by molar-refractivity contribution is 7.90. The van der Waals surface area contributed by atoms with E-state index in [4.69, 9.17) is 0 Å². The Morgan fingerprint density at radius 2 is 1.94 bits per heavy atom. The number of anilines is 1.